The number of carbonyl (C=O) groups is 2. The molecule has 0 aromatic heterocycles. The van der Waals surface area contributed by atoms with Gasteiger partial charge in [-0.05, 0) is 20.8 Å². The summed E-state index contributed by atoms with van der Waals surface area (Å²) in [4.78, 5) is 23.4. The van der Waals surface area contributed by atoms with E-state index in [1.807, 2.05) is 0 Å². The van der Waals surface area contributed by atoms with Crippen LogP contribution in [0.1, 0.15) is 27.2 Å². The monoisotopic (exact) mass is 232 g/mol. The molecule has 0 saturated heterocycles. The molecule has 0 fully saturated rings. The predicted octanol–water partition coefficient (Wildman–Crippen LogP) is 0.262. The average Bonchev–Trinajstić information content (AvgIpc) is 2.14. The molecule has 0 aliphatic rings. The number of hydrogen-bond acceptors (Lipinski definition) is 3. The molecule has 0 aromatic carbocycles. The van der Waals surface area contributed by atoms with E-state index in [9.17, 15) is 9.59 Å². The second-order valence-corrected chi connectivity index (χ2v) is 4.48. The third-order valence-electron chi connectivity index (χ3n) is 2.45. The van der Waals surface area contributed by atoms with E-state index >= 15 is 0 Å². The first kappa shape index (κ1) is 14.7. The highest BCUT2D eigenvalue weighted by Gasteiger charge is 2.27. The second kappa shape index (κ2) is 5.69. The van der Waals surface area contributed by atoms with Crippen LogP contribution in [0.2, 0.25) is 0 Å². The molecule has 0 aromatic rings. The Bertz CT molecular complexity index is 266. The number of rotatable bonds is 5. The molecule has 0 bridgehead atoms. The van der Waals surface area contributed by atoms with E-state index in [-0.39, 0.29) is 13.0 Å². The van der Waals surface area contributed by atoms with Crippen molar-refractivity contribution >= 4 is 12.0 Å². The summed E-state index contributed by atoms with van der Waals surface area (Å²) in [6, 6.07) is -0.838. The summed E-state index contributed by atoms with van der Waals surface area (Å²) in [6.45, 7) is 4.89. The second-order valence-electron chi connectivity index (χ2n) is 4.48. The van der Waals surface area contributed by atoms with Crippen molar-refractivity contribution < 1.29 is 19.8 Å². The fourth-order valence-corrected chi connectivity index (χ4v) is 1.00. The molecule has 0 saturated carbocycles. The molecule has 0 spiro atoms. The molecule has 0 aliphatic heterocycles. The first-order valence-electron chi connectivity index (χ1n) is 5.07. The van der Waals surface area contributed by atoms with Gasteiger partial charge in [0, 0.05) is 13.1 Å². The van der Waals surface area contributed by atoms with Crippen LogP contribution < -0.4 is 5.32 Å². The van der Waals surface area contributed by atoms with Crippen molar-refractivity contribution in [2.75, 3.05) is 13.7 Å². The number of nitrogens with zero attached hydrogens (tertiary/aromatic N) is 1. The molecule has 94 valence electrons. The standard InChI is InChI=1S/C10H20N2O4/c1-7(5-8(14)15)11-9(16)12(4)10(2,3)6-13/h7,13H,5-6H2,1-4H3,(H,11,16)(H,14,15). The molecule has 6 nitrogen and oxygen atoms in total. The lowest BCUT2D eigenvalue weighted by Gasteiger charge is -2.34. The third kappa shape index (κ3) is 4.48. The maximum Gasteiger partial charge on any atom is 0.317 e. The fourth-order valence-electron chi connectivity index (χ4n) is 1.00. The molecule has 1 atom stereocenters. The van der Waals surface area contributed by atoms with Crippen LogP contribution in [0.4, 0.5) is 4.79 Å². The Labute approximate surface area is 95.2 Å². The van der Waals surface area contributed by atoms with Gasteiger partial charge in [0.1, 0.15) is 0 Å². The minimum absolute atomic E-state index is 0.126. The van der Waals surface area contributed by atoms with Crippen molar-refractivity contribution in [2.45, 2.75) is 38.8 Å². The van der Waals surface area contributed by atoms with Crippen molar-refractivity contribution in [3.05, 3.63) is 0 Å². The van der Waals surface area contributed by atoms with Gasteiger partial charge in [-0.2, -0.15) is 0 Å². The Balaban J connectivity index is 4.31. The lowest BCUT2D eigenvalue weighted by Crippen LogP contribution is -2.53. The van der Waals surface area contributed by atoms with Gasteiger partial charge in [0.15, 0.2) is 0 Å². The molecule has 3 N–H and O–H groups in total. The quantitative estimate of drug-likeness (QED) is 0.634. The third-order valence-corrected chi connectivity index (χ3v) is 2.45. The maximum absolute atomic E-state index is 11.7. The predicted molar refractivity (Wildman–Crippen MR) is 59.2 cm³/mol. The number of carbonyl (C=O) groups excluding carboxylic acids is 1. The van der Waals surface area contributed by atoms with Crippen LogP contribution in [0.25, 0.3) is 0 Å². The zero-order valence-electron chi connectivity index (χ0n) is 10.1. The van der Waals surface area contributed by atoms with Crippen LogP contribution in [0.15, 0.2) is 0 Å². The van der Waals surface area contributed by atoms with Gasteiger partial charge in [0.25, 0.3) is 0 Å². The fraction of sp³-hybridized carbons (Fsp3) is 0.800. The maximum atomic E-state index is 11.7. The number of amides is 2. The van der Waals surface area contributed by atoms with Crippen LogP contribution in [0.3, 0.4) is 0 Å². The van der Waals surface area contributed by atoms with E-state index in [1.54, 1.807) is 27.8 Å². The van der Waals surface area contributed by atoms with Gasteiger partial charge in [-0.3, -0.25) is 4.79 Å². The molecule has 6 heteroatoms. The van der Waals surface area contributed by atoms with Gasteiger partial charge in [-0.25, -0.2) is 4.79 Å². The molecular weight excluding hydrogens is 212 g/mol. The summed E-state index contributed by atoms with van der Waals surface area (Å²) in [5.74, 6) is -0.961. The molecule has 16 heavy (non-hydrogen) atoms. The summed E-state index contributed by atoms with van der Waals surface area (Å²) in [5.41, 5.74) is -0.674. The van der Waals surface area contributed by atoms with Crippen molar-refractivity contribution in [1.29, 1.82) is 0 Å². The van der Waals surface area contributed by atoms with E-state index in [0.717, 1.165) is 0 Å². The van der Waals surface area contributed by atoms with Gasteiger partial charge in [0.05, 0.1) is 18.6 Å². The average molecular weight is 232 g/mol. The number of hydrogen-bond donors (Lipinski definition) is 3. The van der Waals surface area contributed by atoms with Crippen LogP contribution in [0, 0.1) is 0 Å². The van der Waals surface area contributed by atoms with Crippen LogP contribution >= 0.6 is 0 Å². The van der Waals surface area contributed by atoms with Crippen molar-refractivity contribution in [3.63, 3.8) is 0 Å². The Hall–Kier alpha value is -1.30. The van der Waals surface area contributed by atoms with Gasteiger partial charge in [0.2, 0.25) is 0 Å². The van der Waals surface area contributed by atoms with E-state index in [4.69, 9.17) is 10.2 Å². The number of aliphatic hydroxyl groups excluding tert-OH is 1. The van der Waals surface area contributed by atoms with E-state index in [2.05, 4.69) is 5.32 Å². The lowest BCUT2D eigenvalue weighted by atomic mass is 10.1. The molecule has 0 aliphatic carbocycles. The van der Waals surface area contributed by atoms with Crippen molar-refractivity contribution in [3.8, 4) is 0 Å². The molecule has 0 radical (unpaired) electrons. The first-order valence-corrected chi connectivity index (χ1v) is 5.07. The number of carboxylic acids is 1. The largest absolute Gasteiger partial charge is 0.481 e. The number of carboxylic acid groups (broad SMARTS) is 1. The Morgan fingerprint density at radius 3 is 2.31 bits per heavy atom. The molecule has 2 amide bonds. The van der Waals surface area contributed by atoms with Crippen LogP contribution in [0.5, 0.6) is 0 Å². The van der Waals surface area contributed by atoms with Gasteiger partial charge >= 0.3 is 12.0 Å². The molecule has 0 rings (SSSR count). The smallest absolute Gasteiger partial charge is 0.317 e. The highest BCUT2D eigenvalue weighted by molar-refractivity contribution is 5.76. The Kier molecular flexibility index (Phi) is 5.23. The van der Waals surface area contributed by atoms with Crippen molar-refractivity contribution in [2.24, 2.45) is 0 Å². The van der Waals surface area contributed by atoms with Gasteiger partial charge in [-0.1, -0.05) is 0 Å². The lowest BCUT2D eigenvalue weighted by molar-refractivity contribution is -0.137. The first-order chi connectivity index (χ1) is 7.20. The Morgan fingerprint density at radius 2 is 1.94 bits per heavy atom. The summed E-state index contributed by atoms with van der Waals surface area (Å²) in [6.07, 6.45) is -0.126. The zero-order chi connectivity index (χ0) is 12.9. The number of urea groups is 1. The molecular formula is C10H20N2O4. The van der Waals surface area contributed by atoms with Gasteiger partial charge < -0.3 is 20.4 Å². The van der Waals surface area contributed by atoms with Crippen LogP contribution in [-0.2, 0) is 4.79 Å². The Morgan fingerprint density at radius 1 is 1.44 bits per heavy atom. The number of nitrogens with one attached hydrogen (secondary N) is 1. The summed E-state index contributed by atoms with van der Waals surface area (Å²) in [5, 5.41) is 20.2. The summed E-state index contributed by atoms with van der Waals surface area (Å²) < 4.78 is 0. The minimum atomic E-state index is -0.961. The van der Waals surface area contributed by atoms with Crippen LogP contribution in [-0.4, -0.2) is 52.3 Å². The van der Waals surface area contributed by atoms with Gasteiger partial charge in [-0.15, -0.1) is 0 Å². The van der Waals surface area contributed by atoms with E-state index < -0.39 is 23.6 Å². The minimum Gasteiger partial charge on any atom is -0.481 e. The number of likely N-dealkylation sites (N-methyl/N-ethyl adjacent to an activating group) is 1. The number of aliphatic carboxylic acids is 1. The number of aliphatic hydroxyl groups is 1. The molecule has 0 heterocycles. The van der Waals surface area contributed by atoms with Crippen molar-refractivity contribution in [1.82, 2.24) is 10.2 Å². The zero-order valence-corrected chi connectivity index (χ0v) is 10.1. The topological polar surface area (TPSA) is 89.9 Å². The normalized spacial score (nSPS) is 13.1. The highest BCUT2D eigenvalue weighted by Crippen LogP contribution is 2.11. The summed E-state index contributed by atoms with van der Waals surface area (Å²) >= 11 is 0. The SMILES string of the molecule is CC(CC(=O)O)NC(=O)N(C)C(C)(C)CO. The molecule has 1 unspecified atom stereocenters. The summed E-state index contributed by atoms with van der Waals surface area (Å²) in [7, 11) is 1.55. The van der Waals surface area contributed by atoms with E-state index in [1.165, 1.54) is 4.90 Å². The van der Waals surface area contributed by atoms with E-state index in [0.29, 0.717) is 0 Å². The highest BCUT2D eigenvalue weighted by atomic mass is 16.4.